The molecule has 0 saturated heterocycles. The average molecular weight is 818 g/mol. The Bertz CT molecular complexity index is 3610. The van der Waals surface area contributed by atoms with E-state index in [1.54, 1.807) is 0 Å². The fourth-order valence-electron chi connectivity index (χ4n) is 11.5. The van der Waals surface area contributed by atoms with Crippen LogP contribution >= 0.6 is 0 Å². The van der Waals surface area contributed by atoms with Crippen LogP contribution < -0.4 is 4.90 Å². The average Bonchev–Trinajstić information content (AvgIpc) is 3.95. The first-order valence-electron chi connectivity index (χ1n) is 22.3. The zero-order valence-corrected chi connectivity index (χ0v) is 35.7. The summed E-state index contributed by atoms with van der Waals surface area (Å²) in [4.78, 5) is 2.55. The van der Waals surface area contributed by atoms with E-state index in [1.165, 1.54) is 66.4 Å². The first kappa shape index (κ1) is 36.7. The van der Waals surface area contributed by atoms with Crippen molar-refractivity contribution in [3.63, 3.8) is 0 Å². The molecule has 2 nitrogen and oxygen atoms in total. The first-order valence-corrected chi connectivity index (χ1v) is 22.3. The molecule has 0 N–H and O–H groups in total. The highest BCUT2D eigenvalue weighted by Gasteiger charge is 2.46. The number of rotatable bonds is 6. The van der Waals surface area contributed by atoms with Gasteiger partial charge < -0.3 is 9.32 Å². The molecule has 1 heterocycles. The Hall–Kier alpha value is -7.94. The van der Waals surface area contributed by atoms with Gasteiger partial charge in [-0.3, -0.25) is 0 Å². The quantitative estimate of drug-likeness (QED) is 0.166. The summed E-state index contributed by atoms with van der Waals surface area (Å²) in [5.41, 5.74) is 19.5. The van der Waals surface area contributed by atoms with E-state index in [2.05, 4.69) is 243 Å². The molecular formula is C62H43NO. The van der Waals surface area contributed by atoms with Crippen LogP contribution in [0.5, 0.6) is 0 Å². The maximum Gasteiger partial charge on any atom is 0.136 e. The predicted octanol–water partition coefficient (Wildman–Crippen LogP) is 16.5. The SMILES string of the molecule is CC1(C)c2ccccc2-c2c(N(c3ccc4c(c3)C(c3ccccc3)(c3ccccc3)c3ccccc3-4)c3ccccc3-c3cccc4oc5cc6ccccc6cc5c34)cccc21. The second kappa shape index (κ2) is 13.8. The van der Waals surface area contributed by atoms with Crippen LogP contribution in [0.4, 0.5) is 17.1 Å². The van der Waals surface area contributed by atoms with Crippen LogP contribution in [0.2, 0.25) is 0 Å². The monoisotopic (exact) mass is 817 g/mol. The van der Waals surface area contributed by atoms with Crippen molar-refractivity contribution in [3.8, 4) is 33.4 Å². The van der Waals surface area contributed by atoms with Crippen molar-refractivity contribution >= 4 is 49.8 Å². The van der Waals surface area contributed by atoms with Crippen LogP contribution in [0.15, 0.2) is 229 Å². The number of hydrogen-bond donors (Lipinski definition) is 0. The third kappa shape index (κ3) is 5.08. The third-order valence-corrected chi connectivity index (χ3v) is 14.3. The van der Waals surface area contributed by atoms with Crippen molar-refractivity contribution < 1.29 is 4.42 Å². The Morgan fingerprint density at radius 1 is 0.375 bits per heavy atom. The molecule has 0 unspecified atom stereocenters. The minimum Gasteiger partial charge on any atom is -0.456 e. The van der Waals surface area contributed by atoms with Gasteiger partial charge in [0, 0.05) is 33.0 Å². The Morgan fingerprint density at radius 3 is 1.70 bits per heavy atom. The van der Waals surface area contributed by atoms with Gasteiger partial charge in [-0.2, -0.15) is 0 Å². The van der Waals surface area contributed by atoms with Gasteiger partial charge in [0.2, 0.25) is 0 Å². The van der Waals surface area contributed by atoms with E-state index in [4.69, 9.17) is 4.42 Å². The smallest absolute Gasteiger partial charge is 0.136 e. The Labute approximate surface area is 373 Å². The van der Waals surface area contributed by atoms with E-state index in [0.717, 1.165) is 50.1 Å². The van der Waals surface area contributed by atoms with Crippen LogP contribution in [0.25, 0.3) is 66.1 Å². The van der Waals surface area contributed by atoms with Crippen molar-refractivity contribution in [2.24, 2.45) is 0 Å². The summed E-state index contributed by atoms with van der Waals surface area (Å²) in [6.45, 7) is 4.74. The van der Waals surface area contributed by atoms with Crippen LogP contribution in [0, 0.1) is 0 Å². The molecular weight excluding hydrogens is 775 g/mol. The Kier molecular flexibility index (Phi) is 7.90. The normalized spacial score (nSPS) is 14.0. The molecule has 0 spiro atoms. The van der Waals surface area contributed by atoms with E-state index < -0.39 is 5.41 Å². The molecule has 2 heteroatoms. The van der Waals surface area contributed by atoms with Gasteiger partial charge in [0.1, 0.15) is 11.2 Å². The molecule has 2 aliphatic rings. The summed E-state index contributed by atoms with van der Waals surface area (Å²) in [6, 6.07) is 82.9. The highest BCUT2D eigenvalue weighted by molar-refractivity contribution is 6.17. The molecule has 0 atom stereocenters. The van der Waals surface area contributed by atoms with Crippen LogP contribution in [0.3, 0.4) is 0 Å². The van der Waals surface area contributed by atoms with Crippen LogP contribution in [-0.2, 0) is 10.8 Å². The van der Waals surface area contributed by atoms with Gasteiger partial charge in [-0.1, -0.05) is 196 Å². The molecule has 302 valence electrons. The topological polar surface area (TPSA) is 16.4 Å². The van der Waals surface area contributed by atoms with Gasteiger partial charge >= 0.3 is 0 Å². The standard InChI is InChI=1S/C62H43NO/c1-61(2)51-29-14-12-27-49(51)60-53(61)31-18-33-56(60)63(55-32-16-13-26-47(55)48-28-17-34-57-59(48)50-37-40-19-9-10-20-41(40)38-58(50)64-57)44-35-36-46-45-25-11-15-30-52(45)62(54(46)39-44,42-21-5-3-6-22-42)43-23-7-4-8-24-43/h3-39H,1-2H3. The fourth-order valence-corrected chi connectivity index (χ4v) is 11.5. The Morgan fingerprint density at radius 2 is 0.938 bits per heavy atom. The van der Waals surface area contributed by atoms with Crippen molar-refractivity contribution in [1.82, 2.24) is 0 Å². The van der Waals surface area contributed by atoms with Gasteiger partial charge in [0.15, 0.2) is 0 Å². The van der Waals surface area contributed by atoms with Gasteiger partial charge in [-0.25, -0.2) is 0 Å². The minimum absolute atomic E-state index is 0.174. The summed E-state index contributed by atoms with van der Waals surface area (Å²) < 4.78 is 6.69. The summed E-state index contributed by atoms with van der Waals surface area (Å²) in [5.74, 6) is 0. The number of para-hydroxylation sites is 1. The maximum absolute atomic E-state index is 6.69. The molecule has 2 aliphatic carbocycles. The lowest BCUT2D eigenvalue weighted by atomic mass is 9.67. The number of furan rings is 1. The van der Waals surface area contributed by atoms with Gasteiger partial charge in [-0.15, -0.1) is 0 Å². The lowest BCUT2D eigenvalue weighted by Gasteiger charge is -2.35. The van der Waals surface area contributed by atoms with E-state index in [9.17, 15) is 0 Å². The highest BCUT2D eigenvalue weighted by atomic mass is 16.3. The van der Waals surface area contributed by atoms with Crippen LogP contribution in [0.1, 0.15) is 47.2 Å². The predicted molar refractivity (Wildman–Crippen MR) is 266 cm³/mol. The van der Waals surface area contributed by atoms with Gasteiger partial charge in [-0.05, 0) is 109 Å². The van der Waals surface area contributed by atoms with Gasteiger partial charge in [0.05, 0.1) is 16.8 Å². The zero-order valence-electron chi connectivity index (χ0n) is 35.7. The molecule has 11 aromatic rings. The van der Waals surface area contributed by atoms with Crippen molar-refractivity contribution in [2.75, 3.05) is 4.90 Å². The number of benzene rings is 10. The molecule has 0 amide bonds. The van der Waals surface area contributed by atoms with Crippen molar-refractivity contribution in [2.45, 2.75) is 24.7 Å². The minimum atomic E-state index is -0.549. The van der Waals surface area contributed by atoms with Crippen molar-refractivity contribution in [1.29, 1.82) is 0 Å². The third-order valence-electron chi connectivity index (χ3n) is 14.3. The summed E-state index contributed by atoms with van der Waals surface area (Å²) in [5, 5.41) is 4.61. The maximum atomic E-state index is 6.69. The largest absolute Gasteiger partial charge is 0.456 e. The van der Waals surface area contributed by atoms with E-state index in [0.29, 0.717) is 0 Å². The molecule has 0 radical (unpaired) electrons. The molecule has 0 bridgehead atoms. The Balaban J connectivity index is 1.13. The molecule has 13 rings (SSSR count). The molecule has 64 heavy (non-hydrogen) atoms. The van der Waals surface area contributed by atoms with E-state index in [-0.39, 0.29) is 5.41 Å². The summed E-state index contributed by atoms with van der Waals surface area (Å²) in [6.07, 6.45) is 0. The molecule has 10 aromatic carbocycles. The molecule has 0 aliphatic heterocycles. The molecule has 0 saturated carbocycles. The first-order chi connectivity index (χ1) is 31.5. The summed E-state index contributed by atoms with van der Waals surface area (Å²) >= 11 is 0. The molecule has 1 aromatic heterocycles. The van der Waals surface area contributed by atoms with Gasteiger partial charge in [0.25, 0.3) is 0 Å². The zero-order chi connectivity index (χ0) is 42.6. The fraction of sp³-hybridized carbons (Fsp3) is 0.0645. The lowest BCUT2D eigenvalue weighted by molar-refractivity contribution is 0.660. The molecule has 0 fully saturated rings. The van der Waals surface area contributed by atoms with Crippen molar-refractivity contribution in [3.05, 3.63) is 258 Å². The summed E-state index contributed by atoms with van der Waals surface area (Å²) in [7, 11) is 0. The number of hydrogen-bond acceptors (Lipinski definition) is 2. The second-order valence-corrected chi connectivity index (χ2v) is 18.0. The lowest BCUT2D eigenvalue weighted by Crippen LogP contribution is -2.28. The van der Waals surface area contributed by atoms with E-state index >= 15 is 0 Å². The second-order valence-electron chi connectivity index (χ2n) is 18.0. The highest BCUT2D eigenvalue weighted by Crippen LogP contribution is 2.59. The van der Waals surface area contributed by atoms with Crippen LogP contribution in [-0.4, -0.2) is 0 Å². The number of anilines is 3. The number of fused-ring (bicyclic) bond motifs is 10. The van der Waals surface area contributed by atoms with E-state index in [1.807, 2.05) is 0 Å². The number of nitrogens with zero attached hydrogens (tertiary/aromatic N) is 1.